The van der Waals surface area contributed by atoms with Gasteiger partial charge in [-0.2, -0.15) is 0 Å². The normalized spacial score (nSPS) is 10.8. The number of carbonyl (C=O) groups is 1. The number of carbonyl (C=O) groups excluding carboxylic acids is 1. The minimum absolute atomic E-state index is 0.116. The molecule has 0 aliphatic carbocycles. The van der Waals surface area contributed by atoms with Gasteiger partial charge in [-0.15, -0.1) is 0 Å². The van der Waals surface area contributed by atoms with Crippen LogP contribution < -0.4 is 14.8 Å². The smallest absolute Gasteiger partial charge is 0.244 e. The Morgan fingerprint density at radius 3 is 2.58 bits per heavy atom. The Bertz CT molecular complexity index is 1240. The summed E-state index contributed by atoms with van der Waals surface area (Å²) in [5, 5.41) is 2.96. The van der Waals surface area contributed by atoms with E-state index in [1.807, 2.05) is 71.3 Å². The number of benzene rings is 3. The molecule has 0 fully saturated rings. The number of hydrogen-bond acceptors (Lipinski definition) is 4. The number of rotatable bonds is 7. The van der Waals surface area contributed by atoms with Gasteiger partial charge in [-0.1, -0.05) is 40.2 Å². The highest BCUT2D eigenvalue weighted by atomic mass is 79.9. The highest BCUT2D eigenvalue weighted by molar-refractivity contribution is 9.10. The number of aromatic nitrogens is 2. The van der Waals surface area contributed by atoms with Crippen LogP contribution in [0.25, 0.3) is 11.0 Å². The maximum absolute atomic E-state index is 12.8. The summed E-state index contributed by atoms with van der Waals surface area (Å²) in [6, 6.07) is 21.2. The van der Waals surface area contributed by atoms with Gasteiger partial charge in [0.15, 0.2) is 11.5 Å². The first-order valence-corrected chi connectivity index (χ1v) is 10.6. The number of amides is 1. The third-order valence-electron chi connectivity index (χ3n) is 4.95. The molecule has 1 heterocycles. The van der Waals surface area contributed by atoms with Crippen LogP contribution in [0.5, 0.6) is 11.5 Å². The summed E-state index contributed by atoms with van der Waals surface area (Å²) >= 11 is 3.43. The van der Waals surface area contributed by atoms with Crippen molar-refractivity contribution >= 4 is 38.6 Å². The molecule has 0 saturated heterocycles. The number of methoxy groups -OCH3 is 2. The van der Waals surface area contributed by atoms with E-state index < -0.39 is 0 Å². The number of para-hydroxylation sites is 2. The van der Waals surface area contributed by atoms with E-state index in [4.69, 9.17) is 14.5 Å². The van der Waals surface area contributed by atoms with Crippen molar-refractivity contribution in [3.63, 3.8) is 0 Å². The van der Waals surface area contributed by atoms with Crippen molar-refractivity contribution in [3.05, 3.63) is 82.6 Å². The van der Waals surface area contributed by atoms with Crippen LogP contribution in [-0.4, -0.2) is 29.7 Å². The zero-order valence-electron chi connectivity index (χ0n) is 17.3. The Morgan fingerprint density at radius 2 is 1.81 bits per heavy atom. The van der Waals surface area contributed by atoms with Gasteiger partial charge in [-0.25, -0.2) is 4.98 Å². The van der Waals surface area contributed by atoms with E-state index >= 15 is 0 Å². The zero-order chi connectivity index (χ0) is 21.8. The average molecular weight is 480 g/mol. The molecule has 158 valence electrons. The average Bonchev–Trinajstić information content (AvgIpc) is 3.10. The van der Waals surface area contributed by atoms with Crippen molar-refractivity contribution in [3.8, 4) is 11.5 Å². The first-order chi connectivity index (χ1) is 15.1. The van der Waals surface area contributed by atoms with E-state index in [0.717, 1.165) is 32.6 Å². The number of imidazole rings is 1. The van der Waals surface area contributed by atoms with Crippen LogP contribution >= 0.6 is 15.9 Å². The molecule has 4 rings (SSSR count). The fourth-order valence-corrected chi connectivity index (χ4v) is 3.92. The number of nitrogens with zero attached hydrogens (tertiary/aromatic N) is 2. The third-order valence-corrected chi connectivity index (χ3v) is 5.45. The summed E-state index contributed by atoms with van der Waals surface area (Å²) in [7, 11) is 3.23. The molecular weight excluding hydrogens is 458 g/mol. The van der Waals surface area contributed by atoms with Crippen LogP contribution in [-0.2, 0) is 17.8 Å². The number of ether oxygens (including phenoxy) is 2. The molecule has 0 radical (unpaired) electrons. The lowest BCUT2D eigenvalue weighted by Crippen LogP contribution is -2.20. The number of fused-ring (bicyclic) bond motifs is 1. The van der Waals surface area contributed by atoms with Gasteiger partial charge in [0.05, 0.1) is 25.3 Å². The van der Waals surface area contributed by atoms with Gasteiger partial charge in [0, 0.05) is 16.6 Å². The van der Waals surface area contributed by atoms with Crippen molar-refractivity contribution in [2.75, 3.05) is 19.5 Å². The summed E-state index contributed by atoms with van der Waals surface area (Å²) in [5.41, 5.74) is 3.53. The van der Waals surface area contributed by atoms with Crippen molar-refractivity contribution in [2.45, 2.75) is 13.0 Å². The molecule has 3 aromatic carbocycles. The van der Waals surface area contributed by atoms with Crippen molar-refractivity contribution in [1.29, 1.82) is 0 Å². The molecule has 4 aromatic rings. The van der Waals surface area contributed by atoms with Crippen LogP contribution in [0.15, 0.2) is 71.2 Å². The Hall–Kier alpha value is -3.32. The second-order valence-corrected chi connectivity index (χ2v) is 7.94. The van der Waals surface area contributed by atoms with Crippen molar-refractivity contribution in [1.82, 2.24) is 9.55 Å². The molecule has 1 N–H and O–H groups in total. The second kappa shape index (κ2) is 9.22. The van der Waals surface area contributed by atoms with Gasteiger partial charge in [0.25, 0.3) is 0 Å². The van der Waals surface area contributed by atoms with E-state index in [1.54, 1.807) is 14.2 Å². The van der Waals surface area contributed by atoms with Crippen molar-refractivity contribution < 1.29 is 14.3 Å². The highest BCUT2D eigenvalue weighted by Gasteiger charge is 2.15. The molecular formula is C24H22BrN3O3. The fraction of sp³-hybridized carbons (Fsp3) is 0.167. The van der Waals surface area contributed by atoms with Crippen LogP contribution in [0, 0.1) is 0 Å². The largest absolute Gasteiger partial charge is 0.493 e. The maximum Gasteiger partial charge on any atom is 0.244 e. The van der Waals surface area contributed by atoms with Gasteiger partial charge in [-0.05, 0) is 48.0 Å². The van der Waals surface area contributed by atoms with Gasteiger partial charge in [0.1, 0.15) is 12.4 Å². The topological polar surface area (TPSA) is 65.4 Å². The molecule has 0 spiro atoms. The SMILES string of the molecule is COc1ccc(Cc2nc3ccccc3n2CC(=O)Nc2cccc(Br)c2)cc1OC. The number of hydrogen-bond donors (Lipinski definition) is 1. The fourth-order valence-electron chi connectivity index (χ4n) is 3.52. The Labute approximate surface area is 188 Å². The standard InChI is InChI=1S/C24H22BrN3O3/c1-30-21-11-10-16(12-22(21)31-2)13-23-27-19-8-3-4-9-20(19)28(23)15-24(29)26-18-7-5-6-17(25)14-18/h3-12,14H,13,15H2,1-2H3,(H,26,29). The van der Waals surface area contributed by atoms with Gasteiger partial charge >= 0.3 is 0 Å². The molecule has 0 saturated carbocycles. The summed E-state index contributed by atoms with van der Waals surface area (Å²) in [5.74, 6) is 2.02. The predicted molar refractivity (Wildman–Crippen MR) is 125 cm³/mol. The van der Waals surface area contributed by atoms with Gasteiger partial charge < -0.3 is 19.4 Å². The molecule has 1 aromatic heterocycles. The van der Waals surface area contributed by atoms with Gasteiger partial charge in [-0.3, -0.25) is 4.79 Å². The molecule has 6 nitrogen and oxygen atoms in total. The lowest BCUT2D eigenvalue weighted by molar-refractivity contribution is -0.116. The first-order valence-electron chi connectivity index (χ1n) is 9.78. The lowest BCUT2D eigenvalue weighted by Gasteiger charge is -2.12. The van der Waals surface area contributed by atoms with E-state index in [9.17, 15) is 4.79 Å². The van der Waals surface area contributed by atoms with Crippen molar-refractivity contribution in [2.24, 2.45) is 0 Å². The zero-order valence-corrected chi connectivity index (χ0v) is 18.8. The monoisotopic (exact) mass is 479 g/mol. The molecule has 0 unspecified atom stereocenters. The van der Waals surface area contributed by atoms with E-state index in [2.05, 4.69) is 21.2 Å². The minimum Gasteiger partial charge on any atom is -0.493 e. The summed E-state index contributed by atoms with van der Waals surface area (Å²) < 4.78 is 13.6. The van der Waals surface area contributed by atoms with Gasteiger partial charge in [0.2, 0.25) is 5.91 Å². The third kappa shape index (κ3) is 4.72. The Kier molecular flexibility index (Phi) is 6.23. The number of nitrogens with one attached hydrogen (secondary N) is 1. The predicted octanol–water partition coefficient (Wildman–Crippen LogP) is 5.05. The molecule has 0 aliphatic heterocycles. The molecule has 0 bridgehead atoms. The van der Waals surface area contributed by atoms with Crippen LogP contribution in [0.3, 0.4) is 0 Å². The number of halogens is 1. The van der Waals surface area contributed by atoms with Crippen LogP contribution in [0.2, 0.25) is 0 Å². The quantitative estimate of drug-likeness (QED) is 0.402. The summed E-state index contributed by atoms with van der Waals surface area (Å²) in [6.07, 6.45) is 0.555. The molecule has 7 heteroatoms. The summed E-state index contributed by atoms with van der Waals surface area (Å²) in [4.78, 5) is 17.6. The molecule has 31 heavy (non-hydrogen) atoms. The first kappa shape index (κ1) is 20.9. The number of anilines is 1. The molecule has 0 atom stereocenters. The van der Waals surface area contributed by atoms with Crippen LogP contribution in [0.1, 0.15) is 11.4 Å². The van der Waals surface area contributed by atoms with E-state index in [1.165, 1.54) is 0 Å². The molecule has 1 amide bonds. The second-order valence-electron chi connectivity index (χ2n) is 7.03. The minimum atomic E-state index is -0.116. The maximum atomic E-state index is 12.8. The highest BCUT2D eigenvalue weighted by Crippen LogP contribution is 2.29. The summed E-state index contributed by atoms with van der Waals surface area (Å²) in [6.45, 7) is 0.162. The molecule has 0 aliphatic rings. The Morgan fingerprint density at radius 1 is 1.00 bits per heavy atom. The van der Waals surface area contributed by atoms with E-state index in [0.29, 0.717) is 17.9 Å². The van der Waals surface area contributed by atoms with Crippen LogP contribution in [0.4, 0.5) is 5.69 Å². The Balaban J connectivity index is 1.64. The lowest BCUT2D eigenvalue weighted by atomic mass is 10.1. The van der Waals surface area contributed by atoms with E-state index in [-0.39, 0.29) is 12.5 Å².